The van der Waals surface area contributed by atoms with Crippen molar-refractivity contribution in [3.63, 3.8) is 0 Å². The van der Waals surface area contributed by atoms with Gasteiger partial charge in [0.25, 0.3) is 0 Å². The zero-order valence-electron chi connectivity index (χ0n) is 13.0. The molecule has 0 aliphatic heterocycles. The predicted octanol–water partition coefficient (Wildman–Crippen LogP) is 4.25. The third kappa shape index (κ3) is 5.47. The third-order valence-electron chi connectivity index (χ3n) is 3.05. The highest BCUT2D eigenvalue weighted by Gasteiger charge is 2.08. The molecule has 0 bridgehead atoms. The fourth-order valence-electron chi connectivity index (χ4n) is 1.82. The Morgan fingerprint density at radius 2 is 1.70 bits per heavy atom. The molecule has 5 heteroatoms. The van der Waals surface area contributed by atoms with Crippen molar-refractivity contribution in [3.8, 4) is 5.75 Å². The summed E-state index contributed by atoms with van der Waals surface area (Å²) in [5, 5.41) is 2.60. The quantitative estimate of drug-likeness (QED) is 0.639. The van der Waals surface area contributed by atoms with Crippen LogP contribution in [0.4, 0.5) is 10.5 Å². The summed E-state index contributed by atoms with van der Waals surface area (Å²) in [5.74, 6) is 0.0954. The summed E-state index contributed by atoms with van der Waals surface area (Å²) < 4.78 is 10.2. The van der Waals surface area contributed by atoms with E-state index in [9.17, 15) is 9.59 Å². The lowest BCUT2D eigenvalue weighted by atomic mass is 10.2. The molecule has 0 spiro atoms. The van der Waals surface area contributed by atoms with Gasteiger partial charge in [0.05, 0.1) is 12.2 Å². The number of carbonyl (C=O) groups excluding carboxylic acids is 2. The molecule has 2 aromatic rings. The van der Waals surface area contributed by atoms with Crippen molar-refractivity contribution in [1.29, 1.82) is 0 Å². The van der Waals surface area contributed by atoms with Crippen molar-refractivity contribution in [1.82, 2.24) is 0 Å². The summed E-state index contributed by atoms with van der Waals surface area (Å²) in [4.78, 5) is 23.5. The van der Waals surface area contributed by atoms with E-state index < -0.39 is 6.09 Å². The van der Waals surface area contributed by atoms with E-state index in [-0.39, 0.29) is 5.97 Å². The van der Waals surface area contributed by atoms with Gasteiger partial charge in [0.2, 0.25) is 0 Å². The van der Waals surface area contributed by atoms with Crippen LogP contribution in [0.15, 0.2) is 54.6 Å². The maximum Gasteiger partial charge on any atom is 0.417 e. The molecular formula is C18H19NO4. The molecule has 0 unspecified atom stereocenters. The second-order valence-electron chi connectivity index (χ2n) is 4.89. The van der Waals surface area contributed by atoms with Crippen LogP contribution >= 0.6 is 0 Å². The summed E-state index contributed by atoms with van der Waals surface area (Å²) in [6.07, 6.45) is 1.23. The van der Waals surface area contributed by atoms with E-state index in [2.05, 4.69) is 5.32 Å². The average Bonchev–Trinajstić information content (AvgIpc) is 2.56. The maximum atomic E-state index is 11.8. The number of ether oxygens (including phenoxy) is 2. The van der Waals surface area contributed by atoms with E-state index in [4.69, 9.17) is 9.47 Å². The molecule has 120 valence electrons. The van der Waals surface area contributed by atoms with Crippen LogP contribution in [-0.4, -0.2) is 18.7 Å². The number of benzene rings is 2. The summed E-state index contributed by atoms with van der Waals surface area (Å²) in [5.41, 5.74) is 0.985. The molecule has 2 rings (SSSR count). The smallest absolute Gasteiger partial charge is 0.417 e. The molecule has 0 fully saturated rings. The molecule has 5 nitrogen and oxygen atoms in total. The fraction of sp³-hybridized carbons (Fsp3) is 0.222. The van der Waals surface area contributed by atoms with Crippen molar-refractivity contribution >= 4 is 17.7 Å². The van der Waals surface area contributed by atoms with Crippen LogP contribution < -0.4 is 10.1 Å². The number of amides is 1. The van der Waals surface area contributed by atoms with E-state index in [1.807, 2.05) is 13.0 Å². The van der Waals surface area contributed by atoms with Gasteiger partial charge in [-0.2, -0.15) is 0 Å². The number of unbranched alkanes of at least 4 members (excludes halogenated alkanes) is 1. The molecule has 0 radical (unpaired) electrons. The highest BCUT2D eigenvalue weighted by molar-refractivity contribution is 5.91. The summed E-state index contributed by atoms with van der Waals surface area (Å²) in [7, 11) is 0. The van der Waals surface area contributed by atoms with Crippen molar-refractivity contribution in [2.24, 2.45) is 0 Å². The van der Waals surface area contributed by atoms with Gasteiger partial charge in [0.1, 0.15) is 5.75 Å². The van der Waals surface area contributed by atoms with Gasteiger partial charge in [-0.15, -0.1) is 0 Å². The van der Waals surface area contributed by atoms with Crippen molar-refractivity contribution < 1.29 is 19.1 Å². The first-order valence-electron chi connectivity index (χ1n) is 7.50. The lowest BCUT2D eigenvalue weighted by molar-refractivity contribution is 0.0500. The van der Waals surface area contributed by atoms with Crippen LogP contribution in [0.3, 0.4) is 0 Å². The number of para-hydroxylation sites is 1. The standard InChI is InChI=1S/C18H19NO4/c1-2-3-13-22-17(20)14-9-11-15(12-10-14)19-18(21)23-16-7-5-4-6-8-16/h4-12H,2-3,13H2,1H3,(H,19,21). The van der Waals surface area contributed by atoms with E-state index in [1.165, 1.54) is 0 Å². The zero-order valence-corrected chi connectivity index (χ0v) is 13.0. The predicted molar refractivity (Wildman–Crippen MR) is 87.7 cm³/mol. The van der Waals surface area contributed by atoms with E-state index in [0.717, 1.165) is 12.8 Å². The number of nitrogens with one attached hydrogen (secondary N) is 1. The van der Waals surface area contributed by atoms with Gasteiger partial charge < -0.3 is 9.47 Å². The van der Waals surface area contributed by atoms with Gasteiger partial charge in [0.15, 0.2) is 0 Å². The number of carbonyl (C=O) groups is 2. The first kappa shape index (κ1) is 16.5. The summed E-state index contributed by atoms with van der Waals surface area (Å²) >= 11 is 0. The molecule has 0 atom stereocenters. The van der Waals surface area contributed by atoms with Crippen molar-refractivity contribution in [3.05, 3.63) is 60.2 Å². The number of hydrogen-bond donors (Lipinski definition) is 1. The van der Waals surface area contributed by atoms with Crippen molar-refractivity contribution in [2.75, 3.05) is 11.9 Å². The minimum absolute atomic E-state index is 0.364. The van der Waals surface area contributed by atoms with Gasteiger partial charge in [-0.1, -0.05) is 31.5 Å². The maximum absolute atomic E-state index is 11.8. The lowest BCUT2D eigenvalue weighted by Gasteiger charge is -2.07. The Kier molecular flexibility index (Phi) is 6.17. The van der Waals surface area contributed by atoms with Crippen LogP contribution in [0.2, 0.25) is 0 Å². The van der Waals surface area contributed by atoms with Crippen LogP contribution in [-0.2, 0) is 4.74 Å². The van der Waals surface area contributed by atoms with Crippen molar-refractivity contribution in [2.45, 2.75) is 19.8 Å². The molecule has 0 saturated heterocycles. The minimum atomic E-state index is -0.588. The Hall–Kier alpha value is -2.82. The summed E-state index contributed by atoms with van der Waals surface area (Å²) in [6.45, 7) is 2.45. The Morgan fingerprint density at radius 1 is 1.00 bits per heavy atom. The molecule has 0 aliphatic carbocycles. The van der Waals surface area contributed by atoms with Crippen LogP contribution in [0.5, 0.6) is 5.75 Å². The number of rotatable bonds is 6. The van der Waals surface area contributed by atoms with Gasteiger partial charge in [0, 0.05) is 5.69 Å². The van der Waals surface area contributed by atoms with Gasteiger partial charge >= 0.3 is 12.1 Å². The Balaban J connectivity index is 1.87. The van der Waals surface area contributed by atoms with E-state index in [1.54, 1.807) is 48.5 Å². The molecule has 0 aliphatic rings. The number of hydrogen-bond acceptors (Lipinski definition) is 4. The minimum Gasteiger partial charge on any atom is -0.462 e. The topological polar surface area (TPSA) is 64.6 Å². The van der Waals surface area contributed by atoms with Gasteiger partial charge in [-0.3, -0.25) is 5.32 Å². The average molecular weight is 313 g/mol. The monoisotopic (exact) mass is 313 g/mol. The SMILES string of the molecule is CCCCOC(=O)c1ccc(NC(=O)Oc2ccccc2)cc1. The Morgan fingerprint density at radius 3 is 2.35 bits per heavy atom. The van der Waals surface area contributed by atoms with Gasteiger partial charge in [-0.05, 0) is 42.8 Å². The largest absolute Gasteiger partial charge is 0.462 e. The molecule has 0 heterocycles. The van der Waals surface area contributed by atoms with Gasteiger partial charge in [-0.25, -0.2) is 9.59 Å². The summed E-state index contributed by atoms with van der Waals surface area (Å²) in [6, 6.07) is 15.2. The third-order valence-corrected chi connectivity index (χ3v) is 3.05. The molecule has 1 amide bonds. The first-order chi connectivity index (χ1) is 11.2. The molecule has 0 saturated carbocycles. The molecule has 0 aromatic heterocycles. The fourth-order valence-corrected chi connectivity index (χ4v) is 1.82. The normalized spacial score (nSPS) is 9.96. The number of esters is 1. The zero-order chi connectivity index (χ0) is 16.5. The molecule has 2 aromatic carbocycles. The first-order valence-corrected chi connectivity index (χ1v) is 7.50. The molecule has 1 N–H and O–H groups in total. The lowest BCUT2D eigenvalue weighted by Crippen LogP contribution is -2.16. The van der Waals surface area contributed by atoms with E-state index >= 15 is 0 Å². The van der Waals surface area contributed by atoms with Crippen LogP contribution in [0, 0.1) is 0 Å². The van der Waals surface area contributed by atoms with E-state index in [0.29, 0.717) is 23.6 Å². The second kappa shape index (κ2) is 8.58. The molecular weight excluding hydrogens is 294 g/mol. The Labute approximate surface area is 135 Å². The highest BCUT2D eigenvalue weighted by Crippen LogP contribution is 2.13. The van der Waals surface area contributed by atoms with Crippen LogP contribution in [0.25, 0.3) is 0 Å². The van der Waals surface area contributed by atoms with Crippen LogP contribution in [0.1, 0.15) is 30.1 Å². The second-order valence-corrected chi connectivity index (χ2v) is 4.89. The Bertz CT molecular complexity index is 638. The highest BCUT2D eigenvalue weighted by atomic mass is 16.6. The number of anilines is 1. The molecule has 23 heavy (non-hydrogen) atoms.